The SMILES string of the molecule is COCC1(C(=O)NC(C)c2cc(C)ccc2OC)CCNCC1. The number of carbonyl (C=O) groups is 1. The number of hydrogen-bond donors (Lipinski definition) is 2. The molecule has 0 aliphatic carbocycles. The number of ether oxygens (including phenoxy) is 2. The highest BCUT2D eigenvalue weighted by atomic mass is 16.5. The molecule has 1 aromatic carbocycles. The quantitative estimate of drug-likeness (QED) is 0.843. The number of piperidine rings is 1. The second kappa shape index (κ2) is 7.79. The number of methoxy groups -OCH3 is 2. The minimum absolute atomic E-state index is 0.0666. The van der Waals surface area contributed by atoms with Crippen LogP contribution in [0.1, 0.15) is 36.9 Å². The molecular weight excluding hydrogens is 292 g/mol. The van der Waals surface area contributed by atoms with Crippen LogP contribution in [0.15, 0.2) is 18.2 Å². The third-order valence-electron chi connectivity index (χ3n) is 4.66. The van der Waals surface area contributed by atoms with Gasteiger partial charge in [-0.2, -0.15) is 0 Å². The van der Waals surface area contributed by atoms with Crippen molar-refractivity contribution in [2.75, 3.05) is 33.9 Å². The van der Waals surface area contributed by atoms with E-state index >= 15 is 0 Å². The number of benzene rings is 1. The molecule has 1 heterocycles. The number of hydrogen-bond acceptors (Lipinski definition) is 4. The summed E-state index contributed by atoms with van der Waals surface area (Å²) in [5, 5.41) is 6.47. The van der Waals surface area contributed by atoms with Gasteiger partial charge in [0.1, 0.15) is 5.75 Å². The first-order valence-corrected chi connectivity index (χ1v) is 8.17. The number of rotatable bonds is 6. The maximum atomic E-state index is 12.9. The van der Waals surface area contributed by atoms with Gasteiger partial charge in [-0.25, -0.2) is 0 Å². The highest BCUT2D eigenvalue weighted by Gasteiger charge is 2.40. The lowest BCUT2D eigenvalue weighted by molar-refractivity contribution is -0.136. The Hall–Kier alpha value is -1.59. The second-order valence-corrected chi connectivity index (χ2v) is 6.40. The standard InChI is InChI=1S/C18H28N2O3/c1-13-5-6-16(23-4)15(11-13)14(2)20-17(21)18(12-22-3)7-9-19-10-8-18/h5-6,11,14,19H,7-10,12H2,1-4H3,(H,20,21). The van der Waals surface area contributed by atoms with Crippen molar-refractivity contribution in [1.82, 2.24) is 10.6 Å². The molecule has 1 aliphatic rings. The van der Waals surface area contributed by atoms with Crippen molar-refractivity contribution in [2.24, 2.45) is 5.41 Å². The van der Waals surface area contributed by atoms with Gasteiger partial charge in [0, 0.05) is 12.7 Å². The zero-order valence-electron chi connectivity index (χ0n) is 14.6. The summed E-state index contributed by atoms with van der Waals surface area (Å²) in [6, 6.07) is 5.91. The summed E-state index contributed by atoms with van der Waals surface area (Å²) in [7, 11) is 3.31. The minimum Gasteiger partial charge on any atom is -0.496 e. The predicted molar refractivity (Wildman–Crippen MR) is 90.7 cm³/mol. The minimum atomic E-state index is -0.439. The lowest BCUT2D eigenvalue weighted by atomic mass is 9.78. The van der Waals surface area contributed by atoms with Gasteiger partial charge in [0.25, 0.3) is 0 Å². The Bertz CT molecular complexity index is 534. The molecule has 5 nitrogen and oxygen atoms in total. The Labute approximate surface area is 138 Å². The molecule has 1 fully saturated rings. The molecule has 0 saturated carbocycles. The second-order valence-electron chi connectivity index (χ2n) is 6.40. The van der Waals surface area contributed by atoms with E-state index in [4.69, 9.17) is 9.47 Å². The molecule has 1 unspecified atom stereocenters. The largest absolute Gasteiger partial charge is 0.496 e. The first kappa shape index (κ1) is 17.8. The molecule has 2 N–H and O–H groups in total. The Balaban J connectivity index is 2.16. The molecule has 5 heteroatoms. The molecule has 2 rings (SSSR count). The summed E-state index contributed by atoms with van der Waals surface area (Å²) in [6.45, 7) is 6.18. The van der Waals surface area contributed by atoms with Crippen LogP contribution in [0.25, 0.3) is 0 Å². The van der Waals surface area contributed by atoms with Crippen LogP contribution >= 0.6 is 0 Å². The molecule has 1 aromatic rings. The summed E-state index contributed by atoms with van der Waals surface area (Å²) < 4.78 is 10.8. The van der Waals surface area contributed by atoms with E-state index in [0.29, 0.717) is 6.61 Å². The fourth-order valence-corrected chi connectivity index (χ4v) is 3.24. The summed E-state index contributed by atoms with van der Waals surface area (Å²) in [6.07, 6.45) is 1.59. The Morgan fingerprint density at radius 1 is 1.35 bits per heavy atom. The lowest BCUT2D eigenvalue weighted by Crippen LogP contribution is -2.50. The summed E-state index contributed by atoms with van der Waals surface area (Å²) in [4.78, 5) is 12.9. The first-order chi connectivity index (χ1) is 11.0. The van der Waals surface area contributed by atoms with Crippen LogP contribution in [0.2, 0.25) is 0 Å². The van der Waals surface area contributed by atoms with Crippen molar-refractivity contribution in [3.63, 3.8) is 0 Å². The number of nitrogens with one attached hydrogen (secondary N) is 2. The van der Waals surface area contributed by atoms with Crippen LogP contribution in [0.4, 0.5) is 0 Å². The van der Waals surface area contributed by atoms with E-state index in [1.54, 1.807) is 14.2 Å². The molecule has 128 valence electrons. The number of aryl methyl sites for hydroxylation is 1. The maximum absolute atomic E-state index is 12.9. The topological polar surface area (TPSA) is 59.6 Å². The normalized spacial score (nSPS) is 18.3. The van der Waals surface area contributed by atoms with E-state index in [9.17, 15) is 4.79 Å². The molecule has 1 atom stereocenters. The molecule has 1 saturated heterocycles. The van der Waals surface area contributed by atoms with Crippen LogP contribution in [0.5, 0.6) is 5.75 Å². The van der Waals surface area contributed by atoms with Crippen molar-refractivity contribution in [2.45, 2.75) is 32.7 Å². The smallest absolute Gasteiger partial charge is 0.229 e. The van der Waals surface area contributed by atoms with Crippen LogP contribution in [0.3, 0.4) is 0 Å². The monoisotopic (exact) mass is 320 g/mol. The first-order valence-electron chi connectivity index (χ1n) is 8.17. The van der Waals surface area contributed by atoms with E-state index in [2.05, 4.69) is 16.7 Å². The number of carbonyl (C=O) groups excluding carboxylic acids is 1. The third kappa shape index (κ3) is 4.03. The van der Waals surface area contributed by atoms with Crippen molar-refractivity contribution in [1.29, 1.82) is 0 Å². The molecule has 0 radical (unpaired) electrons. The van der Waals surface area contributed by atoms with E-state index in [-0.39, 0.29) is 11.9 Å². The van der Waals surface area contributed by atoms with Crippen molar-refractivity contribution in [3.05, 3.63) is 29.3 Å². The lowest BCUT2D eigenvalue weighted by Gasteiger charge is -2.36. The van der Waals surface area contributed by atoms with Crippen molar-refractivity contribution < 1.29 is 14.3 Å². The average Bonchev–Trinajstić information content (AvgIpc) is 2.55. The molecular formula is C18H28N2O3. The fraction of sp³-hybridized carbons (Fsp3) is 0.611. The van der Waals surface area contributed by atoms with Crippen LogP contribution in [-0.2, 0) is 9.53 Å². The summed E-state index contributed by atoms with van der Waals surface area (Å²) >= 11 is 0. The number of amides is 1. The van der Waals surface area contributed by atoms with Gasteiger partial charge >= 0.3 is 0 Å². The summed E-state index contributed by atoms with van der Waals surface area (Å²) in [5.41, 5.74) is 1.71. The van der Waals surface area contributed by atoms with Gasteiger partial charge in [-0.15, -0.1) is 0 Å². The third-order valence-corrected chi connectivity index (χ3v) is 4.66. The van der Waals surface area contributed by atoms with Gasteiger partial charge in [-0.05, 0) is 45.8 Å². The Kier molecular flexibility index (Phi) is 6.02. The predicted octanol–water partition coefficient (Wildman–Crippen LogP) is 2.20. The fourth-order valence-electron chi connectivity index (χ4n) is 3.24. The van der Waals surface area contributed by atoms with Gasteiger partial charge in [0.2, 0.25) is 5.91 Å². The zero-order chi connectivity index (χ0) is 16.9. The highest BCUT2D eigenvalue weighted by Crippen LogP contribution is 2.32. The average molecular weight is 320 g/mol. The van der Waals surface area contributed by atoms with E-state index in [0.717, 1.165) is 42.8 Å². The van der Waals surface area contributed by atoms with Crippen LogP contribution in [-0.4, -0.2) is 39.8 Å². The van der Waals surface area contributed by atoms with E-state index < -0.39 is 5.41 Å². The van der Waals surface area contributed by atoms with E-state index in [1.807, 2.05) is 26.0 Å². The van der Waals surface area contributed by atoms with Crippen LogP contribution < -0.4 is 15.4 Å². The molecule has 1 aliphatic heterocycles. The molecule has 0 bridgehead atoms. The van der Waals surface area contributed by atoms with Gasteiger partial charge in [-0.1, -0.05) is 17.7 Å². The molecule has 23 heavy (non-hydrogen) atoms. The molecule has 0 aromatic heterocycles. The van der Waals surface area contributed by atoms with Gasteiger partial charge in [-0.3, -0.25) is 4.79 Å². The van der Waals surface area contributed by atoms with Crippen LogP contribution in [0, 0.1) is 12.3 Å². The summed E-state index contributed by atoms with van der Waals surface area (Å²) in [5.74, 6) is 0.867. The zero-order valence-corrected chi connectivity index (χ0v) is 14.6. The maximum Gasteiger partial charge on any atom is 0.229 e. The van der Waals surface area contributed by atoms with Gasteiger partial charge in [0.05, 0.1) is 25.2 Å². The Morgan fingerprint density at radius 3 is 2.65 bits per heavy atom. The Morgan fingerprint density at radius 2 is 2.04 bits per heavy atom. The van der Waals surface area contributed by atoms with E-state index in [1.165, 1.54) is 0 Å². The van der Waals surface area contributed by atoms with Crippen molar-refractivity contribution >= 4 is 5.91 Å². The molecule has 0 spiro atoms. The van der Waals surface area contributed by atoms with Gasteiger partial charge in [0.15, 0.2) is 0 Å². The highest BCUT2D eigenvalue weighted by molar-refractivity contribution is 5.83. The van der Waals surface area contributed by atoms with Crippen molar-refractivity contribution in [3.8, 4) is 5.75 Å². The van der Waals surface area contributed by atoms with Gasteiger partial charge < -0.3 is 20.1 Å². The molecule has 1 amide bonds.